The van der Waals surface area contributed by atoms with Crippen molar-refractivity contribution in [2.75, 3.05) is 0 Å². The molecule has 0 spiro atoms. The van der Waals surface area contributed by atoms with E-state index in [4.69, 9.17) is 10.3 Å². The van der Waals surface area contributed by atoms with Crippen LogP contribution in [0.2, 0.25) is 0 Å². The molecule has 0 aromatic carbocycles. The molecular formula is HINbO3. The molecule has 0 unspecified atom stereocenters. The summed E-state index contributed by atoms with van der Waals surface area (Å²) in [6, 6.07) is 0. The first-order valence-electron chi connectivity index (χ1n) is 0.478. The van der Waals surface area contributed by atoms with Gasteiger partial charge in [0.15, 0.2) is 0 Å². The van der Waals surface area contributed by atoms with Crippen molar-refractivity contribution in [2.24, 2.45) is 0 Å². The number of hydrogen-bond donors (Lipinski definition) is 1. The van der Waals surface area contributed by atoms with Crippen LogP contribution in [0.5, 0.6) is 0 Å². The zero-order valence-corrected chi connectivity index (χ0v) is 6.44. The van der Waals surface area contributed by atoms with Crippen molar-refractivity contribution in [3.8, 4) is 0 Å². The van der Waals surface area contributed by atoms with Crippen LogP contribution in [0.1, 0.15) is 0 Å². The van der Waals surface area contributed by atoms with Gasteiger partial charge in [-0.1, -0.05) is 0 Å². The van der Waals surface area contributed by atoms with Crippen molar-refractivity contribution in [3.05, 3.63) is 0 Å². The summed E-state index contributed by atoms with van der Waals surface area (Å²) in [5.41, 5.74) is 0. The predicted octanol–water partition coefficient (Wildman–Crippen LogP) is -5.93. The minimum absolute atomic E-state index is 0. The molecular weight excluding hydrogens is 268 g/mol. The summed E-state index contributed by atoms with van der Waals surface area (Å²) in [5, 5.41) is 0. The molecule has 5 heavy (non-hydrogen) atoms. The second kappa shape index (κ2) is 5.35. The largest absolute Gasteiger partial charge is 0.503 e. The molecule has 0 amide bonds. The van der Waals surface area contributed by atoms with Crippen molar-refractivity contribution in [1.29, 1.82) is 0 Å². The van der Waals surface area contributed by atoms with E-state index in [0.717, 1.165) is 0 Å². The Bertz CT molecular complexity index is 11.6. The van der Waals surface area contributed by atoms with Gasteiger partial charge < -0.3 is 6.87 Å². The molecule has 0 aliphatic carbocycles. The zero-order chi connectivity index (χ0) is 3.58. The summed E-state index contributed by atoms with van der Waals surface area (Å²) in [7, 11) is 0. The topological polar surface area (TPSA) is 66.3 Å². The van der Waals surface area contributed by atoms with Crippen LogP contribution in [0.4, 0.5) is 0 Å². The van der Waals surface area contributed by atoms with Crippen LogP contribution in [-0.2, 0) is 22.4 Å². The van der Waals surface area contributed by atoms with Gasteiger partial charge in [-0.15, -0.1) is 0 Å². The third-order valence-corrected chi connectivity index (χ3v) is 0. The molecule has 1 N–H and O–H groups in total. The predicted molar refractivity (Wildman–Crippen MR) is 2.22 cm³/mol. The fourth-order valence-corrected chi connectivity index (χ4v) is 0. The molecule has 1 radical (unpaired) electrons. The average Bonchev–Trinajstić information content (AvgIpc) is 0.811. The average molecular weight is 269 g/mol. The van der Waals surface area contributed by atoms with Crippen molar-refractivity contribution in [1.82, 2.24) is 0 Å². The molecule has 0 bridgehead atoms. The Hall–Kier alpha value is 1.35. The molecule has 0 heterocycles. The summed E-state index contributed by atoms with van der Waals surface area (Å²) in [5.74, 6) is 0. The maximum atomic E-state index is 8.68. The maximum absolute atomic E-state index is 8.68. The number of rotatable bonds is 0. The second-order valence-corrected chi connectivity index (χ2v) is 1.35. The second-order valence-electron chi connectivity index (χ2n) is 0.201. The van der Waals surface area contributed by atoms with Gasteiger partial charge >= 0.3 is 21.1 Å². The summed E-state index contributed by atoms with van der Waals surface area (Å²) in [4.78, 5) is 0. The van der Waals surface area contributed by atoms with E-state index >= 15 is 0 Å². The van der Waals surface area contributed by atoms with E-state index in [1.165, 1.54) is 0 Å². The standard InChI is InChI=1S/HIO3.Nb/c2-1(3)4;/h2H;. The molecule has 5 heteroatoms. The fourth-order valence-electron chi connectivity index (χ4n) is 0. The summed E-state index contributed by atoms with van der Waals surface area (Å²) < 4.78 is 24.5. The Kier molecular flexibility index (Phi) is 10.3. The summed E-state index contributed by atoms with van der Waals surface area (Å²) in [6.45, 7) is 0. The monoisotopic (exact) mass is 269 g/mol. The van der Waals surface area contributed by atoms with Crippen LogP contribution in [0.15, 0.2) is 0 Å². The zero-order valence-electron chi connectivity index (χ0n) is 2.09. The van der Waals surface area contributed by atoms with Crippen LogP contribution < -0.4 is 27.9 Å². The smallest absolute Gasteiger partial charge is 0.396 e. The molecule has 3 nitrogen and oxygen atoms in total. The molecule has 0 saturated carbocycles. The number of hydrogen-bond acceptors (Lipinski definition) is 3. The Morgan fingerprint density at radius 3 is 1.40 bits per heavy atom. The molecule has 0 fully saturated rings. The minimum Gasteiger partial charge on any atom is -0.396 e. The Balaban J connectivity index is 0. The van der Waals surface area contributed by atoms with Gasteiger partial charge in [-0.2, -0.15) is 0 Å². The molecule has 31 valence electrons. The molecule has 0 atom stereocenters. The maximum Gasteiger partial charge on any atom is 0.503 e. The van der Waals surface area contributed by atoms with E-state index in [9.17, 15) is 0 Å². The first-order chi connectivity index (χ1) is 1.73. The molecule has 0 aliphatic heterocycles. The minimum atomic E-state index is -3.76. The molecule has 0 aromatic rings. The van der Waals surface area contributed by atoms with Gasteiger partial charge in [0.25, 0.3) is 0 Å². The Labute approximate surface area is 53.6 Å². The van der Waals surface area contributed by atoms with Crippen LogP contribution in [-0.4, -0.2) is 3.44 Å². The van der Waals surface area contributed by atoms with Gasteiger partial charge in [-0.25, -0.2) is 0 Å². The first-order valence-corrected chi connectivity index (χ1v) is 3.20. The SMILES string of the molecule is [Nb].[O-][I+2]([O-])O. The Morgan fingerprint density at radius 1 is 1.40 bits per heavy atom. The van der Waals surface area contributed by atoms with E-state index in [1.54, 1.807) is 0 Å². The van der Waals surface area contributed by atoms with Crippen LogP contribution in [0.25, 0.3) is 0 Å². The van der Waals surface area contributed by atoms with Gasteiger partial charge in [0.05, 0.1) is 0 Å². The van der Waals surface area contributed by atoms with E-state index in [2.05, 4.69) is 0 Å². The third-order valence-electron chi connectivity index (χ3n) is 0. The summed E-state index contributed by atoms with van der Waals surface area (Å²) >= 11 is -3.76. The molecule has 0 aromatic heterocycles. The van der Waals surface area contributed by atoms with Crippen molar-refractivity contribution < 1.29 is 53.8 Å². The van der Waals surface area contributed by atoms with Crippen molar-refractivity contribution >= 4 is 0 Å². The third kappa shape index (κ3) is 32.9. The van der Waals surface area contributed by atoms with Gasteiger partial charge in [-0.05, 0) is 3.44 Å². The van der Waals surface area contributed by atoms with Crippen molar-refractivity contribution in [3.63, 3.8) is 0 Å². The fraction of sp³-hybridized carbons (Fsp3) is 0. The Morgan fingerprint density at radius 2 is 1.40 bits per heavy atom. The molecule has 0 aliphatic rings. The number of halogens is 1. The van der Waals surface area contributed by atoms with Gasteiger partial charge in [0, 0.05) is 22.4 Å². The van der Waals surface area contributed by atoms with E-state index in [1.807, 2.05) is 0 Å². The van der Waals surface area contributed by atoms with Crippen LogP contribution in [0, 0.1) is 0 Å². The van der Waals surface area contributed by atoms with Gasteiger partial charge in [0.2, 0.25) is 0 Å². The quantitative estimate of drug-likeness (QED) is 0.352. The van der Waals surface area contributed by atoms with Gasteiger partial charge in [-0.3, -0.25) is 0 Å². The van der Waals surface area contributed by atoms with Gasteiger partial charge in [0.1, 0.15) is 0 Å². The summed E-state index contributed by atoms with van der Waals surface area (Å²) in [6.07, 6.45) is 0. The van der Waals surface area contributed by atoms with E-state index < -0.39 is 21.1 Å². The normalized spacial score (nSPS) is 7.20. The van der Waals surface area contributed by atoms with Crippen LogP contribution >= 0.6 is 0 Å². The van der Waals surface area contributed by atoms with E-state index in [0.29, 0.717) is 0 Å². The van der Waals surface area contributed by atoms with E-state index in [-0.39, 0.29) is 22.4 Å². The molecule has 0 rings (SSSR count). The first kappa shape index (κ1) is 9.61. The molecule has 0 saturated heterocycles. The van der Waals surface area contributed by atoms with Crippen molar-refractivity contribution in [2.45, 2.75) is 0 Å². The van der Waals surface area contributed by atoms with Crippen LogP contribution in [0.3, 0.4) is 0 Å².